The minimum atomic E-state index is -0.959. The third kappa shape index (κ3) is 3.60. The fraction of sp³-hybridized carbons (Fsp3) is 0.500. The fourth-order valence-corrected chi connectivity index (χ4v) is 7.02. The molecule has 6 heteroatoms. The first-order chi connectivity index (χ1) is 17.1. The summed E-state index contributed by atoms with van der Waals surface area (Å²) < 4.78 is 5.72. The third-order valence-corrected chi connectivity index (χ3v) is 9.25. The van der Waals surface area contributed by atoms with E-state index in [0.717, 1.165) is 35.2 Å². The minimum absolute atomic E-state index is 0.0143. The van der Waals surface area contributed by atoms with Crippen molar-refractivity contribution in [3.8, 4) is 23.3 Å². The van der Waals surface area contributed by atoms with Gasteiger partial charge in [-0.25, -0.2) is 0 Å². The van der Waals surface area contributed by atoms with Crippen LogP contribution in [0.25, 0.3) is 0 Å². The van der Waals surface area contributed by atoms with Gasteiger partial charge in [0.1, 0.15) is 0 Å². The molecule has 0 radical (unpaired) electrons. The van der Waals surface area contributed by atoms with Crippen LogP contribution >= 0.6 is 0 Å². The Hall–Kier alpha value is -3.01. The number of nitrogens with zero attached hydrogens (tertiary/aromatic N) is 2. The van der Waals surface area contributed by atoms with E-state index in [0.29, 0.717) is 31.4 Å². The Balaban J connectivity index is 1.50. The molecule has 36 heavy (non-hydrogen) atoms. The molecule has 1 saturated carbocycles. The van der Waals surface area contributed by atoms with Crippen LogP contribution in [0, 0.1) is 25.7 Å². The number of hydrogen-bond donors (Lipinski definition) is 2. The number of phenols is 1. The van der Waals surface area contributed by atoms with E-state index in [1.54, 1.807) is 18.1 Å². The Bertz CT molecular complexity index is 1280. The zero-order valence-electron chi connectivity index (χ0n) is 21.9. The Morgan fingerprint density at radius 3 is 2.69 bits per heavy atom. The van der Waals surface area contributed by atoms with Gasteiger partial charge < -0.3 is 24.7 Å². The number of piperidine rings is 1. The molecule has 0 unspecified atom stereocenters. The number of aromatic hydroxyl groups is 1. The van der Waals surface area contributed by atoms with Crippen molar-refractivity contribution in [3.63, 3.8) is 0 Å². The van der Waals surface area contributed by atoms with Crippen molar-refractivity contribution in [1.29, 1.82) is 0 Å². The molecule has 1 amide bonds. The number of ether oxygens (including phenoxy) is 1. The fourth-order valence-electron chi connectivity index (χ4n) is 7.02. The Kier molecular flexibility index (Phi) is 6.05. The van der Waals surface area contributed by atoms with Crippen molar-refractivity contribution in [1.82, 2.24) is 9.80 Å². The number of aryl methyl sites for hydroxylation is 2. The molecule has 2 N–H and O–H groups in total. The third-order valence-electron chi connectivity index (χ3n) is 9.25. The van der Waals surface area contributed by atoms with Gasteiger partial charge in [-0.1, -0.05) is 18.1 Å². The van der Waals surface area contributed by atoms with Crippen molar-refractivity contribution in [3.05, 3.63) is 58.1 Å². The largest absolute Gasteiger partial charge is 0.504 e. The molecule has 1 heterocycles. The summed E-state index contributed by atoms with van der Waals surface area (Å²) in [5.74, 6) is 6.20. The van der Waals surface area contributed by atoms with E-state index in [2.05, 4.69) is 30.7 Å². The number of aliphatic hydroxyl groups is 1. The highest BCUT2D eigenvalue weighted by atomic mass is 16.5. The summed E-state index contributed by atoms with van der Waals surface area (Å²) in [5, 5.41) is 23.0. The smallest absolute Gasteiger partial charge is 0.298 e. The van der Waals surface area contributed by atoms with Crippen LogP contribution in [-0.4, -0.2) is 71.4 Å². The van der Waals surface area contributed by atoms with E-state index < -0.39 is 11.0 Å². The minimum Gasteiger partial charge on any atom is -0.504 e. The number of phenolic OH excluding ortho intramolecular Hbond substituents is 1. The molecule has 2 bridgehead atoms. The Morgan fingerprint density at radius 1 is 1.19 bits per heavy atom. The first kappa shape index (κ1) is 24.7. The maximum Gasteiger partial charge on any atom is 0.298 e. The maximum absolute atomic E-state index is 13.2. The number of methoxy groups -OCH3 is 1. The number of amides is 1. The molecule has 2 aliphatic carbocycles. The highest BCUT2D eigenvalue weighted by Gasteiger charge is 2.65. The lowest BCUT2D eigenvalue weighted by molar-refractivity contribution is -0.173. The second-order valence-corrected chi connectivity index (χ2v) is 11.0. The van der Waals surface area contributed by atoms with Crippen LogP contribution < -0.4 is 4.74 Å². The van der Waals surface area contributed by atoms with Gasteiger partial charge in [0, 0.05) is 41.6 Å². The molecule has 2 fully saturated rings. The summed E-state index contributed by atoms with van der Waals surface area (Å²) in [4.78, 5) is 17.2. The highest BCUT2D eigenvalue weighted by molar-refractivity contribution is 5.94. The molecule has 5 rings (SSSR count). The van der Waals surface area contributed by atoms with Gasteiger partial charge in [-0.2, -0.15) is 0 Å². The van der Waals surface area contributed by atoms with Crippen molar-refractivity contribution < 1.29 is 19.7 Å². The number of carbonyl (C=O) groups excluding carboxylic acids is 1. The molecule has 0 aromatic heterocycles. The molecule has 1 aliphatic heterocycles. The van der Waals surface area contributed by atoms with Crippen LogP contribution in [0.5, 0.6) is 11.5 Å². The van der Waals surface area contributed by atoms with E-state index in [1.165, 1.54) is 5.56 Å². The van der Waals surface area contributed by atoms with Crippen LogP contribution in [0.4, 0.5) is 0 Å². The van der Waals surface area contributed by atoms with Crippen LogP contribution in [-0.2, 0) is 16.6 Å². The predicted octanol–water partition coefficient (Wildman–Crippen LogP) is 3.31. The number of likely N-dealkylation sites (tertiary alicyclic amines) is 1. The van der Waals surface area contributed by atoms with Crippen molar-refractivity contribution >= 4 is 5.91 Å². The van der Waals surface area contributed by atoms with Crippen molar-refractivity contribution in [2.24, 2.45) is 0 Å². The summed E-state index contributed by atoms with van der Waals surface area (Å²) in [6.45, 7) is 4.93. The van der Waals surface area contributed by atoms with Gasteiger partial charge in [-0.15, -0.1) is 0 Å². The summed E-state index contributed by atoms with van der Waals surface area (Å²) in [6, 6.07) is 9.54. The first-order valence-electron chi connectivity index (χ1n) is 12.8. The number of likely N-dealkylation sites (N-methyl/N-ethyl adjacent to an activating group) is 1. The molecular weight excluding hydrogens is 452 g/mol. The number of carbonyl (C=O) groups is 1. The second kappa shape index (κ2) is 8.83. The summed E-state index contributed by atoms with van der Waals surface area (Å²) in [7, 11) is 5.47. The van der Waals surface area contributed by atoms with Crippen LogP contribution in [0.2, 0.25) is 0 Å². The second-order valence-electron chi connectivity index (χ2n) is 11.0. The number of fused-ring (bicyclic) bond motifs is 1. The summed E-state index contributed by atoms with van der Waals surface area (Å²) >= 11 is 0. The van der Waals surface area contributed by atoms with Gasteiger partial charge in [0.05, 0.1) is 12.7 Å². The molecule has 6 nitrogen and oxygen atoms in total. The van der Waals surface area contributed by atoms with Gasteiger partial charge in [0.15, 0.2) is 11.5 Å². The van der Waals surface area contributed by atoms with Crippen LogP contribution in [0.3, 0.4) is 0 Å². The van der Waals surface area contributed by atoms with Gasteiger partial charge in [-0.3, -0.25) is 4.79 Å². The van der Waals surface area contributed by atoms with Gasteiger partial charge >= 0.3 is 0 Å². The molecule has 0 spiro atoms. The van der Waals surface area contributed by atoms with Gasteiger partial charge in [-0.05, 0) is 94.4 Å². The van der Waals surface area contributed by atoms with Gasteiger partial charge in [0.25, 0.3) is 5.91 Å². The number of benzene rings is 2. The normalized spacial score (nSPS) is 28.8. The predicted molar refractivity (Wildman–Crippen MR) is 139 cm³/mol. The summed E-state index contributed by atoms with van der Waals surface area (Å²) in [6.07, 6.45) is 3.33. The number of hydrogen-bond acceptors (Lipinski definition) is 5. The molecule has 3 aliphatic rings. The molecule has 1 saturated heterocycles. The van der Waals surface area contributed by atoms with Crippen LogP contribution in [0.1, 0.15) is 53.5 Å². The zero-order valence-corrected chi connectivity index (χ0v) is 21.9. The van der Waals surface area contributed by atoms with E-state index in [-0.39, 0.29) is 23.7 Å². The maximum atomic E-state index is 13.2. The molecule has 2 aromatic rings. The number of rotatable bonds is 2. The van der Waals surface area contributed by atoms with E-state index >= 15 is 0 Å². The molecular formula is C30H36N2O4. The van der Waals surface area contributed by atoms with E-state index in [1.807, 2.05) is 38.2 Å². The lowest BCUT2D eigenvalue weighted by atomic mass is 9.48. The lowest BCUT2D eigenvalue weighted by Crippen LogP contribution is -2.73. The molecule has 2 aromatic carbocycles. The average molecular weight is 489 g/mol. The topological polar surface area (TPSA) is 73.2 Å². The highest BCUT2D eigenvalue weighted by Crippen LogP contribution is 2.61. The first-order valence-corrected chi connectivity index (χ1v) is 12.8. The lowest BCUT2D eigenvalue weighted by Gasteiger charge is -2.64. The van der Waals surface area contributed by atoms with Crippen LogP contribution in [0.15, 0.2) is 30.3 Å². The zero-order chi connectivity index (χ0) is 25.8. The van der Waals surface area contributed by atoms with Crippen molar-refractivity contribution in [2.45, 2.75) is 69.1 Å². The Morgan fingerprint density at radius 2 is 1.97 bits per heavy atom. The SMILES string of the molecule is COc1c(O)ccc2c1[C@]13CCN(C)[C@H](C2)[C@]1(O)CC[C@H](N(C)C(=O)C#Cc1ccc(C)c(C)c1)C3. The van der Waals surface area contributed by atoms with Crippen molar-refractivity contribution in [2.75, 3.05) is 27.7 Å². The standard InChI is InChI=1S/C30H36N2O4/c1-19-6-7-21(16-20(19)2)8-11-26(34)32(4)23-12-13-30(35)25-17-22-9-10-24(33)28(36-5)27(22)29(30,18-23)14-15-31(25)3/h6-7,9-10,16,23,25,33,35H,12-15,17-18H2,1-5H3/t23-,25+,29+,30+/m0/s1. The van der Waals surface area contributed by atoms with Gasteiger partial charge in [0.2, 0.25) is 0 Å². The molecule has 190 valence electrons. The molecule has 4 atom stereocenters. The average Bonchev–Trinajstić information content (AvgIpc) is 2.86. The summed E-state index contributed by atoms with van der Waals surface area (Å²) in [5.41, 5.74) is 3.64. The van der Waals surface area contributed by atoms with E-state index in [9.17, 15) is 15.0 Å². The monoisotopic (exact) mass is 488 g/mol. The Labute approximate surface area is 213 Å². The quantitative estimate of drug-likeness (QED) is 0.635. The van der Waals surface area contributed by atoms with E-state index in [4.69, 9.17) is 4.74 Å².